The molecule has 0 radical (unpaired) electrons. The smallest absolute Gasteiger partial charge is 0.0363 e. The van der Waals surface area contributed by atoms with Crippen molar-refractivity contribution >= 4 is 5.57 Å². The fourth-order valence-electron chi connectivity index (χ4n) is 2.69. The van der Waals surface area contributed by atoms with Crippen molar-refractivity contribution in [3.05, 3.63) is 78.4 Å². The van der Waals surface area contributed by atoms with E-state index in [9.17, 15) is 0 Å². The van der Waals surface area contributed by atoms with Crippen LogP contribution in [0.25, 0.3) is 5.57 Å². The number of likely N-dealkylation sites (tertiary alicyclic amines) is 1. The van der Waals surface area contributed by atoms with E-state index in [-0.39, 0.29) is 0 Å². The monoisotopic (exact) mass is 249 g/mol. The molecule has 0 bridgehead atoms. The van der Waals surface area contributed by atoms with Gasteiger partial charge < -0.3 is 0 Å². The normalized spacial score (nSPS) is 18.8. The number of benzene rings is 2. The maximum Gasteiger partial charge on any atom is 0.0363 e. The van der Waals surface area contributed by atoms with E-state index in [2.05, 4.69) is 72.1 Å². The van der Waals surface area contributed by atoms with Gasteiger partial charge in [-0.05, 0) is 23.1 Å². The third-order valence-electron chi connectivity index (χ3n) is 3.91. The maximum atomic E-state index is 4.30. The van der Waals surface area contributed by atoms with E-state index >= 15 is 0 Å². The molecule has 3 rings (SSSR count). The molecule has 2 aromatic carbocycles. The van der Waals surface area contributed by atoms with Crippen molar-refractivity contribution in [2.45, 2.75) is 19.0 Å². The number of hydrogen-bond acceptors (Lipinski definition) is 1. The molecule has 1 heterocycles. The molecule has 1 aliphatic heterocycles. The Morgan fingerprint density at radius 2 is 1.63 bits per heavy atom. The van der Waals surface area contributed by atoms with Crippen LogP contribution in [-0.2, 0) is 6.54 Å². The van der Waals surface area contributed by atoms with Crippen LogP contribution < -0.4 is 0 Å². The van der Waals surface area contributed by atoms with Gasteiger partial charge in [0.25, 0.3) is 0 Å². The van der Waals surface area contributed by atoms with Crippen molar-refractivity contribution in [3.63, 3.8) is 0 Å². The fraction of sp³-hybridized carbons (Fsp3) is 0.222. The van der Waals surface area contributed by atoms with Gasteiger partial charge >= 0.3 is 0 Å². The molecule has 1 atom stereocenters. The molecule has 1 heteroatoms. The quantitative estimate of drug-likeness (QED) is 0.792. The molecule has 1 saturated heterocycles. The van der Waals surface area contributed by atoms with Crippen LogP contribution in [0.15, 0.2) is 67.2 Å². The average Bonchev–Trinajstić information content (AvgIpc) is 2.46. The summed E-state index contributed by atoms with van der Waals surface area (Å²) >= 11 is 0. The highest BCUT2D eigenvalue weighted by Gasteiger charge is 2.30. The topological polar surface area (TPSA) is 3.24 Å². The van der Waals surface area contributed by atoms with E-state index in [1.165, 1.54) is 29.7 Å². The lowest BCUT2D eigenvalue weighted by atomic mass is 9.90. The number of nitrogens with zero attached hydrogens (tertiary/aromatic N) is 1. The van der Waals surface area contributed by atoms with Gasteiger partial charge in [0.05, 0.1) is 0 Å². The molecule has 2 aromatic rings. The Balaban J connectivity index is 1.68. The standard InChI is InChI=1S/C18H19N/c1-15(17-10-6-3-7-11-17)18-12-13-19(18)14-16-8-4-2-5-9-16/h2-11,18H,1,12-14H2. The summed E-state index contributed by atoms with van der Waals surface area (Å²) in [4.78, 5) is 2.50. The summed E-state index contributed by atoms with van der Waals surface area (Å²) in [5.74, 6) is 0. The summed E-state index contributed by atoms with van der Waals surface area (Å²) in [7, 11) is 0. The molecule has 96 valence electrons. The number of hydrogen-bond donors (Lipinski definition) is 0. The van der Waals surface area contributed by atoms with Gasteiger partial charge in [0.15, 0.2) is 0 Å². The highest BCUT2D eigenvalue weighted by molar-refractivity contribution is 5.68. The minimum atomic E-state index is 0.502. The highest BCUT2D eigenvalue weighted by atomic mass is 15.2. The van der Waals surface area contributed by atoms with Gasteiger partial charge in [-0.2, -0.15) is 0 Å². The van der Waals surface area contributed by atoms with E-state index in [0.29, 0.717) is 6.04 Å². The average molecular weight is 249 g/mol. The van der Waals surface area contributed by atoms with Crippen molar-refractivity contribution in [2.24, 2.45) is 0 Å². The Hall–Kier alpha value is -1.86. The van der Waals surface area contributed by atoms with Crippen LogP contribution in [0.3, 0.4) is 0 Å². The van der Waals surface area contributed by atoms with Crippen molar-refractivity contribution in [1.29, 1.82) is 0 Å². The minimum absolute atomic E-state index is 0.502. The Morgan fingerprint density at radius 1 is 1.00 bits per heavy atom. The molecular formula is C18H19N. The Labute approximate surface area is 115 Å². The van der Waals surface area contributed by atoms with Gasteiger partial charge in [-0.3, -0.25) is 4.90 Å². The van der Waals surface area contributed by atoms with Gasteiger partial charge in [-0.25, -0.2) is 0 Å². The van der Waals surface area contributed by atoms with E-state index in [1.807, 2.05) is 0 Å². The Kier molecular flexibility index (Phi) is 3.47. The fourth-order valence-corrected chi connectivity index (χ4v) is 2.69. The van der Waals surface area contributed by atoms with Gasteiger partial charge in [-0.1, -0.05) is 67.2 Å². The van der Waals surface area contributed by atoms with Crippen LogP contribution >= 0.6 is 0 Å². The Bertz CT molecular complexity index is 544. The minimum Gasteiger partial charge on any atom is -0.292 e. The summed E-state index contributed by atoms with van der Waals surface area (Å²) in [5, 5.41) is 0. The lowest BCUT2D eigenvalue weighted by Gasteiger charge is -2.42. The van der Waals surface area contributed by atoms with E-state index in [1.54, 1.807) is 0 Å². The molecule has 1 aliphatic rings. The SMILES string of the molecule is C=C(c1ccccc1)C1CCN1Cc1ccccc1. The second kappa shape index (κ2) is 5.41. The van der Waals surface area contributed by atoms with Crippen molar-refractivity contribution in [1.82, 2.24) is 4.90 Å². The van der Waals surface area contributed by atoms with Gasteiger partial charge in [-0.15, -0.1) is 0 Å². The van der Waals surface area contributed by atoms with Gasteiger partial charge in [0.2, 0.25) is 0 Å². The Morgan fingerprint density at radius 3 is 2.21 bits per heavy atom. The third-order valence-corrected chi connectivity index (χ3v) is 3.91. The van der Waals surface area contributed by atoms with E-state index in [4.69, 9.17) is 0 Å². The first-order valence-corrected chi connectivity index (χ1v) is 6.87. The van der Waals surface area contributed by atoms with Gasteiger partial charge in [0, 0.05) is 19.1 Å². The molecule has 0 aromatic heterocycles. The first-order chi connectivity index (χ1) is 9.34. The molecular weight excluding hydrogens is 230 g/mol. The van der Waals surface area contributed by atoms with Crippen LogP contribution in [0.5, 0.6) is 0 Å². The molecule has 1 nitrogen and oxygen atoms in total. The summed E-state index contributed by atoms with van der Waals surface area (Å²) in [5.41, 5.74) is 3.90. The second-order valence-corrected chi connectivity index (χ2v) is 5.15. The first-order valence-electron chi connectivity index (χ1n) is 6.87. The molecule has 1 fully saturated rings. The number of rotatable bonds is 4. The molecule has 0 N–H and O–H groups in total. The summed E-state index contributed by atoms with van der Waals surface area (Å²) in [6.45, 7) is 6.49. The highest BCUT2D eigenvalue weighted by Crippen LogP contribution is 2.31. The second-order valence-electron chi connectivity index (χ2n) is 5.15. The van der Waals surface area contributed by atoms with E-state index < -0.39 is 0 Å². The van der Waals surface area contributed by atoms with Crippen LogP contribution in [0.2, 0.25) is 0 Å². The molecule has 0 spiro atoms. The summed E-state index contributed by atoms with van der Waals surface area (Å²) < 4.78 is 0. The predicted molar refractivity (Wildman–Crippen MR) is 80.7 cm³/mol. The lowest BCUT2D eigenvalue weighted by Crippen LogP contribution is -2.47. The van der Waals surface area contributed by atoms with Crippen LogP contribution in [0.4, 0.5) is 0 Å². The van der Waals surface area contributed by atoms with E-state index in [0.717, 1.165) is 6.54 Å². The van der Waals surface area contributed by atoms with Crippen LogP contribution in [0.1, 0.15) is 17.5 Å². The zero-order valence-electron chi connectivity index (χ0n) is 11.1. The van der Waals surface area contributed by atoms with Crippen LogP contribution in [0, 0.1) is 0 Å². The van der Waals surface area contributed by atoms with Crippen molar-refractivity contribution in [3.8, 4) is 0 Å². The molecule has 19 heavy (non-hydrogen) atoms. The largest absolute Gasteiger partial charge is 0.292 e. The summed E-state index contributed by atoms with van der Waals surface area (Å²) in [6.07, 6.45) is 1.22. The first kappa shape index (κ1) is 12.2. The lowest BCUT2D eigenvalue weighted by molar-refractivity contribution is 0.124. The maximum absolute atomic E-state index is 4.30. The summed E-state index contributed by atoms with van der Waals surface area (Å²) in [6, 6.07) is 21.7. The van der Waals surface area contributed by atoms with Crippen molar-refractivity contribution < 1.29 is 0 Å². The predicted octanol–water partition coefficient (Wildman–Crippen LogP) is 3.97. The van der Waals surface area contributed by atoms with Crippen LogP contribution in [-0.4, -0.2) is 17.5 Å². The van der Waals surface area contributed by atoms with Crippen molar-refractivity contribution in [2.75, 3.05) is 6.54 Å². The molecule has 0 amide bonds. The zero-order valence-corrected chi connectivity index (χ0v) is 11.1. The molecule has 0 saturated carbocycles. The zero-order chi connectivity index (χ0) is 13.1. The molecule has 0 aliphatic carbocycles. The van der Waals surface area contributed by atoms with Gasteiger partial charge in [0.1, 0.15) is 0 Å². The third kappa shape index (κ3) is 2.61. The molecule has 1 unspecified atom stereocenters.